The number of hydrogen-bond acceptors (Lipinski definition) is 5. The van der Waals surface area contributed by atoms with Crippen LogP contribution in [0.15, 0.2) is 30.6 Å². The van der Waals surface area contributed by atoms with Gasteiger partial charge >= 0.3 is 0 Å². The van der Waals surface area contributed by atoms with Crippen molar-refractivity contribution in [3.05, 3.63) is 36.2 Å². The van der Waals surface area contributed by atoms with E-state index in [9.17, 15) is 0 Å². The molecule has 0 amide bonds. The van der Waals surface area contributed by atoms with Crippen LogP contribution in [-0.4, -0.2) is 16.1 Å². The molecule has 2 N–H and O–H groups in total. The quantitative estimate of drug-likeness (QED) is 0.914. The first-order valence-electron chi connectivity index (χ1n) is 6.08. The van der Waals surface area contributed by atoms with Gasteiger partial charge in [-0.1, -0.05) is 12.1 Å². The van der Waals surface area contributed by atoms with Gasteiger partial charge in [0, 0.05) is 0 Å². The lowest BCUT2D eigenvalue weighted by molar-refractivity contribution is 0.233. The minimum atomic E-state index is -0.0102. The van der Waals surface area contributed by atoms with Crippen molar-refractivity contribution in [3.8, 4) is 17.5 Å². The zero-order valence-electron chi connectivity index (χ0n) is 11.3. The fourth-order valence-electron chi connectivity index (χ4n) is 1.55. The minimum absolute atomic E-state index is 0.0102. The summed E-state index contributed by atoms with van der Waals surface area (Å²) in [5.41, 5.74) is 7.35. The molecule has 2 aromatic rings. The predicted molar refractivity (Wildman–Crippen MR) is 73.5 cm³/mol. The van der Waals surface area contributed by atoms with Gasteiger partial charge in [0.1, 0.15) is 12.1 Å². The number of aromatic nitrogens is 2. The van der Waals surface area contributed by atoms with Gasteiger partial charge in [-0.3, -0.25) is 0 Å². The van der Waals surface area contributed by atoms with Crippen molar-refractivity contribution in [1.29, 1.82) is 0 Å². The van der Waals surface area contributed by atoms with E-state index in [1.165, 1.54) is 6.33 Å². The normalized spacial score (nSPS) is 10.5. The summed E-state index contributed by atoms with van der Waals surface area (Å²) < 4.78 is 11.1. The van der Waals surface area contributed by atoms with Crippen molar-refractivity contribution in [2.75, 3.05) is 5.73 Å². The molecule has 0 fully saturated rings. The summed E-state index contributed by atoms with van der Waals surface area (Å²) >= 11 is 0. The molecule has 2 rings (SSSR count). The third-order valence-corrected chi connectivity index (χ3v) is 2.36. The van der Waals surface area contributed by atoms with Crippen LogP contribution >= 0.6 is 0 Å². The minimum Gasteiger partial charge on any atom is -0.473 e. The zero-order valence-corrected chi connectivity index (χ0v) is 11.3. The molecular weight excluding hydrogens is 242 g/mol. The molecule has 100 valence electrons. The second-order valence-corrected chi connectivity index (χ2v) is 4.48. The number of nitrogens with zero attached hydrogens (tertiary/aromatic N) is 2. The SMILES string of the molecule is Cc1cccc(Oc2ncnc(OC(C)C)c2N)c1. The van der Waals surface area contributed by atoms with Crippen molar-refractivity contribution < 1.29 is 9.47 Å². The highest BCUT2D eigenvalue weighted by Crippen LogP contribution is 2.31. The molecule has 0 aliphatic carbocycles. The number of rotatable bonds is 4. The molecule has 0 saturated heterocycles. The monoisotopic (exact) mass is 259 g/mol. The molecule has 0 radical (unpaired) electrons. The first kappa shape index (κ1) is 13.1. The Balaban J connectivity index is 2.25. The van der Waals surface area contributed by atoms with Crippen LogP contribution < -0.4 is 15.2 Å². The Bertz CT molecular complexity index is 570. The predicted octanol–water partition coefficient (Wildman–Crippen LogP) is 2.95. The van der Waals surface area contributed by atoms with E-state index in [0.29, 0.717) is 23.2 Å². The van der Waals surface area contributed by atoms with E-state index in [0.717, 1.165) is 5.56 Å². The Kier molecular flexibility index (Phi) is 3.85. The summed E-state index contributed by atoms with van der Waals surface area (Å²) in [7, 11) is 0. The molecule has 0 aliphatic heterocycles. The molecule has 5 nitrogen and oxygen atoms in total. The molecular formula is C14H17N3O2. The number of aryl methyl sites for hydroxylation is 1. The highest BCUT2D eigenvalue weighted by Gasteiger charge is 2.12. The number of nitrogen functional groups attached to an aromatic ring is 1. The van der Waals surface area contributed by atoms with Gasteiger partial charge in [0.25, 0.3) is 0 Å². The molecule has 1 aromatic heterocycles. The molecule has 0 atom stereocenters. The lowest BCUT2D eigenvalue weighted by Gasteiger charge is -2.13. The van der Waals surface area contributed by atoms with E-state index in [1.807, 2.05) is 45.0 Å². The number of benzene rings is 1. The summed E-state index contributed by atoms with van der Waals surface area (Å²) in [4.78, 5) is 8.03. The van der Waals surface area contributed by atoms with Gasteiger partial charge in [-0.2, -0.15) is 9.97 Å². The third kappa shape index (κ3) is 3.34. The Hall–Kier alpha value is -2.30. The van der Waals surface area contributed by atoms with Crippen molar-refractivity contribution in [2.24, 2.45) is 0 Å². The van der Waals surface area contributed by atoms with E-state index in [1.54, 1.807) is 0 Å². The molecule has 0 unspecified atom stereocenters. The summed E-state index contributed by atoms with van der Waals surface area (Å²) in [5, 5.41) is 0. The fraction of sp³-hybridized carbons (Fsp3) is 0.286. The Morgan fingerprint density at radius 2 is 1.89 bits per heavy atom. The topological polar surface area (TPSA) is 70.3 Å². The average Bonchev–Trinajstić information content (AvgIpc) is 2.34. The average molecular weight is 259 g/mol. The van der Waals surface area contributed by atoms with E-state index in [-0.39, 0.29) is 6.10 Å². The fourth-order valence-corrected chi connectivity index (χ4v) is 1.55. The largest absolute Gasteiger partial charge is 0.473 e. The summed E-state index contributed by atoms with van der Waals surface area (Å²) in [6.45, 7) is 5.80. The van der Waals surface area contributed by atoms with Crippen LogP contribution in [0, 0.1) is 6.92 Å². The van der Waals surface area contributed by atoms with E-state index in [2.05, 4.69) is 9.97 Å². The van der Waals surface area contributed by atoms with Crippen LogP contribution in [0.3, 0.4) is 0 Å². The van der Waals surface area contributed by atoms with Crippen LogP contribution in [0.5, 0.6) is 17.5 Å². The van der Waals surface area contributed by atoms with Crippen LogP contribution in [0.4, 0.5) is 5.69 Å². The Morgan fingerprint density at radius 3 is 2.58 bits per heavy atom. The Morgan fingerprint density at radius 1 is 1.16 bits per heavy atom. The van der Waals surface area contributed by atoms with Gasteiger partial charge in [-0.05, 0) is 38.5 Å². The van der Waals surface area contributed by atoms with Gasteiger partial charge < -0.3 is 15.2 Å². The summed E-state index contributed by atoms with van der Waals surface area (Å²) in [6, 6.07) is 7.65. The van der Waals surface area contributed by atoms with Crippen LogP contribution in [0.1, 0.15) is 19.4 Å². The number of anilines is 1. The van der Waals surface area contributed by atoms with E-state index in [4.69, 9.17) is 15.2 Å². The Labute approximate surface area is 112 Å². The second-order valence-electron chi connectivity index (χ2n) is 4.48. The van der Waals surface area contributed by atoms with Gasteiger partial charge in [0.15, 0.2) is 5.69 Å². The molecule has 0 bridgehead atoms. The van der Waals surface area contributed by atoms with Crippen molar-refractivity contribution >= 4 is 5.69 Å². The summed E-state index contributed by atoms with van der Waals surface area (Å²) in [5.74, 6) is 1.32. The third-order valence-electron chi connectivity index (χ3n) is 2.36. The van der Waals surface area contributed by atoms with Crippen molar-refractivity contribution in [1.82, 2.24) is 9.97 Å². The molecule has 1 aromatic carbocycles. The van der Waals surface area contributed by atoms with Gasteiger partial charge in [-0.25, -0.2) is 0 Å². The van der Waals surface area contributed by atoms with Crippen LogP contribution in [-0.2, 0) is 0 Å². The van der Waals surface area contributed by atoms with Crippen molar-refractivity contribution in [2.45, 2.75) is 26.9 Å². The standard InChI is InChI=1S/C14H17N3O2/c1-9(2)18-13-12(15)14(17-8-16-13)19-11-6-4-5-10(3)7-11/h4-9H,15H2,1-3H3. The van der Waals surface area contributed by atoms with E-state index >= 15 is 0 Å². The number of ether oxygens (including phenoxy) is 2. The molecule has 0 spiro atoms. The van der Waals surface area contributed by atoms with Crippen LogP contribution in [0.2, 0.25) is 0 Å². The van der Waals surface area contributed by atoms with Crippen LogP contribution in [0.25, 0.3) is 0 Å². The zero-order chi connectivity index (χ0) is 13.8. The first-order chi connectivity index (χ1) is 9.06. The molecule has 1 heterocycles. The highest BCUT2D eigenvalue weighted by atomic mass is 16.5. The smallest absolute Gasteiger partial charge is 0.249 e. The lowest BCUT2D eigenvalue weighted by atomic mass is 10.2. The maximum absolute atomic E-state index is 5.94. The van der Waals surface area contributed by atoms with Crippen molar-refractivity contribution in [3.63, 3.8) is 0 Å². The lowest BCUT2D eigenvalue weighted by Crippen LogP contribution is -2.10. The molecule has 0 aliphatic rings. The van der Waals surface area contributed by atoms with Gasteiger partial charge in [0.2, 0.25) is 11.8 Å². The summed E-state index contributed by atoms with van der Waals surface area (Å²) in [6.07, 6.45) is 1.36. The number of hydrogen-bond donors (Lipinski definition) is 1. The van der Waals surface area contributed by atoms with E-state index < -0.39 is 0 Å². The first-order valence-corrected chi connectivity index (χ1v) is 6.08. The van der Waals surface area contributed by atoms with Gasteiger partial charge in [-0.15, -0.1) is 0 Å². The maximum Gasteiger partial charge on any atom is 0.249 e. The van der Waals surface area contributed by atoms with Gasteiger partial charge in [0.05, 0.1) is 6.10 Å². The molecule has 0 saturated carbocycles. The maximum atomic E-state index is 5.94. The molecule has 5 heteroatoms. The second kappa shape index (κ2) is 5.56. The molecule has 19 heavy (non-hydrogen) atoms. The highest BCUT2D eigenvalue weighted by molar-refractivity contribution is 5.56. The number of nitrogens with two attached hydrogens (primary N) is 1.